The Hall–Kier alpha value is -0.120. The maximum atomic E-state index is 5.95. The average molecular weight is 243 g/mol. The van der Waals surface area contributed by atoms with Crippen molar-refractivity contribution in [3.05, 3.63) is 0 Å². The molecule has 3 heteroatoms. The molecule has 0 aromatic rings. The average Bonchev–Trinajstić information content (AvgIpc) is 2.73. The summed E-state index contributed by atoms with van der Waals surface area (Å²) >= 11 is 0. The van der Waals surface area contributed by atoms with E-state index in [1.807, 2.05) is 0 Å². The molecule has 17 heavy (non-hydrogen) atoms. The molecule has 1 aliphatic rings. The molecule has 0 aliphatic carbocycles. The van der Waals surface area contributed by atoms with Crippen molar-refractivity contribution in [2.45, 2.75) is 65.3 Å². The minimum absolute atomic E-state index is 0.315. The van der Waals surface area contributed by atoms with Gasteiger partial charge in [0.2, 0.25) is 0 Å². The van der Waals surface area contributed by atoms with Gasteiger partial charge in [-0.3, -0.25) is 0 Å². The lowest BCUT2D eigenvalue weighted by molar-refractivity contribution is -0.0369. The van der Waals surface area contributed by atoms with Crippen molar-refractivity contribution in [1.82, 2.24) is 5.32 Å². The van der Waals surface area contributed by atoms with Crippen LogP contribution in [0, 0.1) is 5.92 Å². The molecule has 3 unspecified atom stereocenters. The van der Waals surface area contributed by atoms with Crippen LogP contribution in [0.3, 0.4) is 0 Å². The Labute approximate surface area is 106 Å². The lowest BCUT2D eigenvalue weighted by atomic mass is 10.2. The maximum absolute atomic E-state index is 5.95. The van der Waals surface area contributed by atoms with Crippen LogP contribution in [0.25, 0.3) is 0 Å². The molecule has 0 aromatic heterocycles. The molecule has 0 aromatic carbocycles. The second-order valence-electron chi connectivity index (χ2n) is 5.56. The molecule has 1 heterocycles. The monoisotopic (exact) mass is 243 g/mol. The van der Waals surface area contributed by atoms with Crippen molar-refractivity contribution in [3.63, 3.8) is 0 Å². The minimum atomic E-state index is 0.315. The van der Waals surface area contributed by atoms with Crippen molar-refractivity contribution >= 4 is 0 Å². The molecule has 1 N–H and O–H groups in total. The van der Waals surface area contributed by atoms with Crippen LogP contribution in [0.4, 0.5) is 0 Å². The highest BCUT2D eigenvalue weighted by molar-refractivity contribution is 4.75. The zero-order valence-corrected chi connectivity index (χ0v) is 11.9. The molecule has 1 rings (SSSR count). The van der Waals surface area contributed by atoms with Gasteiger partial charge in [0.1, 0.15) is 0 Å². The highest BCUT2D eigenvalue weighted by atomic mass is 16.5. The van der Waals surface area contributed by atoms with E-state index in [9.17, 15) is 0 Å². The summed E-state index contributed by atoms with van der Waals surface area (Å²) in [5, 5.41) is 3.46. The summed E-state index contributed by atoms with van der Waals surface area (Å²) in [5.41, 5.74) is 0. The summed E-state index contributed by atoms with van der Waals surface area (Å²) < 4.78 is 11.7. The van der Waals surface area contributed by atoms with E-state index < -0.39 is 0 Å². The van der Waals surface area contributed by atoms with Crippen LogP contribution in [0.15, 0.2) is 0 Å². The van der Waals surface area contributed by atoms with Crippen LogP contribution in [-0.2, 0) is 9.47 Å². The number of rotatable bonds is 8. The standard InChI is InChI=1S/C14H29NO2/c1-5-12(4)16-10-14-7-6-13(17-14)9-15-8-11(2)3/h11-15H,5-10H2,1-4H3. The van der Waals surface area contributed by atoms with E-state index in [1.165, 1.54) is 6.42 Å². The Morgan fingerprint density at radius 3 is 2.59 bits per heavy atom. The van der Waals surface area contributed by atoms with Gasteiger partial charge in [-0.15, -0.1) is 0 Å². The van der Waals surface area contributed by atoms with E-state index in [0.717, 1.165) is 32.5 Å². The van der Waals surface area contributed by atoms with Gasteiger partial charge in [0.25, 0.3) is 0 Å². The van der Waals surface area contributed by atoms with Crippen molar-refractivity contribution < 1.29 is 9.47 Å². The number of hydrogen-bond donors (Lipinski definition) is 1. The first kappa shape index (κ1) is 14.9. The van der Waals surface area contributed by atoms with Gasteiger partial charge in [-0.1, -0.05) is 20.8 Å². The lowest BCUT2D eigenvalue weighted by Gasteiger charge is -2.17. The zero-order chi connectivity index (χ0) is 12.7. The van der Waals surface area contributed by atoms with Crippen molar-refractivity contribution in [1.29, 1.82) is 0 Å². The number of hydrogen-bond acceptors (Lipinski definition) is 3. The molecule has 1 saturated heterocycles. The first-order valence-electron chi connectivity index (χ1n) is 7.09. The maximum Gasteiger partial charge on any atom is 0.0814 e. The van der Waals surface area contributed by atoms with Crippen molar-refractivity contribution in [3.8, 4) is 0 Å². The molecule has 0 saturated carbocycles. The van der Waals surface area contributed by atoms with E-state index in [-0.39, 0.29) is 0 Å². The fraction of sp³-hybridized carbons (Fsp3) is 1.00. The Kier molecular flexibility index (Phi) is 7.09. The molecule has 1 fully saturated rings. The van der Waals surface area contributed by atoms with E-state index in [0.29, 0.717) is 24.2 Å². The third-order valence-electron chi connectivity index (χ3n) is 3.26. The summed E-state index contributed by atoms with van der Waals surface area (Å²) in [6.45, 7) is 11.5. The Bertz CT molecular complexity index is 197. The number of nitrogens with one attached hydrogen (secondary N) is 1. The molecule has 3 atom stereocenters. The Morgan fingerprint density at radius 2 is 1.94 bits per heavy atom. The molecule has 3 nitrogen and oxygen atoms in total. The highest BCUT2D eigenvalue weighted by Gasteiger charge is 2.25. The van der Waals surface area contributed by atoms with Gasteiger partial charge in [0.05, 0.1) is 24.9 Å². The van der Waals surface area contributed by atoms with Crippen LogP contribution in [0.5, 0.6) is 0 Å². The van der Waals surface area contributed by atoms with Gasteiger partial charge >= 0.3 is 0 Å². The zero-order valence-electron chi connectivity index (χ0n) is 11.9. The molecular formula is C14H29NO2. The van der Waals surface area contributed by atoms with E-state index in [1.54, 1.807) is 0 Å². The first-order chi connectivity index (χ1) is 8.11. The van der Waals surface area contributed by atoms with Crippen LogP contribution in [0.1, 0.15) is 47.0 Å². The van der Waals surface area contributed by atoms with Crippen molar-refractivity contribution in [2.75, 3.05) is 19.7 Å². The SMILES string of the molecule is CCC(C)OCC1CCC(CNCC(C)C)O1. The molecule has 0 bridgehead atoms. The summed E-state index contributed by atoms with van der Waals surface area (Å²) in [6, 6.07) is 0. The van der Waals surface area contributed by atoms with Crippen molar-refractivity contribution in [2.24, 2.45) is 5.92 Å². The van der Waals surface area contributed by atoms with Gasteiger partial charge in [-0.2, -0.15) is 0 Å². The van der Waals surface area contributed by atoms with Crippen LogP contribution in [0.2, 0.25) is 0 Å². The predicted octanol–water partition coefficient (Wildman–Crippen LogP) is 2.59. The quantitative estimate of drug-likeness (QED) is 0.711. The topological polar surface area (TPSA) is 30.5 Å². The Morgan fingerprint density at radius 1 is 1.24 bits per heavy atom. The third-order valence-corrected chi connectivity index (χ3v) is 3.26. The lowest BCUT2D eigenvalue weighted by Crippen LogP contribution is -2.30. The molecule has 1 aliphatic heterocycles. The molecule has 0 spiro atoms. The van der Waals surface area contributed by atoms with Gasteiger partial charge in [0, 0.05) is 6.54 Å². The van der Waals surface area contributed by atoms with Gasteiger partial charge in [-0.05, 0) is 38.6 Å². The molecular weight excluding hydrogens is 214 g/mol. The van der Waals surface area contributed by atoms with Crippen LogP contribution in [-0.4, -0.2) is 38.0 Å². The largest absolute Gasteiger partial charge is 0.376 e. The highest BCUT2D eigenvalue weighted by Crippen LogP contribution is 2.20. The van der Waals surface area contributed by atoms with Gasteiger partial charge in [-0.25, -0.2) is 0 Å². The summed E-state index contributed by atoms with van der Waals surface area (Å²) in [5.74, 6) is 0.709. The second-order valence-corrected chi connectivity index (χ2v) is 5.56. The van der Waals surface area contributed by atoms with Gasteiger partial charge in [0.15, 0.2) is 0 Å². The summed E-state index contributed by atoms with van der Waals surface area (Å²) in [6.07, 6.45) is 4.45. The molecule has 0 radical (unpaired) electrons. The summed E-state index contributed by atoms with van der Waals surface area (Å²) in [4.78, 5) is 0. The van der Waals surface area contributed by atoms with Crippen LogP contribution < -0.4 is 5.32 Å². The Balaban J connectivity index is 2.06. The van der Waals surface area contributed by atoms with E-state index in [4.69, 9.17) is 9.47 Å². The molecule has 102 valence electrons. The van der Waals surface area contributed by atoms with Crippen LogP contribution >= 0.6 is 0 Å². The first-order valence-corrected chi connectivity index (χ1v) is 7.09. The fourth-order valence-electron chi connectivity index (χ4n) is 1.98. The van der Waals surface area contributed by atoms with E-state index in [2.05, 4.69) is 33.0 Å². The third kappa shape index (κ3) is 6.39. The second kappa shape index (κ2) is 8.06. The van der Waals surface area contributed by atoms with E-state index >= 15 is 0 Å². The predicted molar refractivity (Wildman–Crippen MR) is 71.3 cm³/mol. The normalized spacial score (nSPS) is 26.6. The smallest absolute Gasteiger partial charge is 0.0814 e. The summed E-state index contributed by atoms with van der Waals surface area (Å²) in [7, 11) is 0. The fourth-order valence-corrected chi connectivity index (χ4v) is 1.98. The minimum Gasteiger partial charge on any atom is -0.376 e. The van der Waals surface area contributed by atoms with Gasteiger partial charge < -0.3 is 14.8 Å². The number of ether oxygens (including phenoxy) is 2. The molecule has 0 amide bonds.